The fourth-order valence-electron chi connectivity index (χ4n) is 1.79. The summed E-state index contributed by atoms with van der Waals surface area (Å²) in [6, 6.07) is 14.9. The third-order valence-electron chi connectivity index (χ3n) is 2.55. The molecule has 0 bridgehead atoms. The molecular formula is C14H9N2. The number of nitrogens with zero attached hydrogens (tertiary/aromatic N) is 2. The van der Waals surface area contributed by atoms with Gasteiger partial charge in [0.2, 0.25) is 0 Å². The van der Waals surface area contributed by atoms with Crippen molar-refractivity contribution < 1.29 is 0 Å². The number of benzene rings is 1. The van der Waals surface area contributed by atoms with E-state index in [9.17, 15) is 0 Å². The van der Waals surface area contributed by atoms with Crippen LogP contribution in [0.1, 0.15) is 0 Å². The van der Waals surface area contributed by atoms with Gasteiger partial charge >= 0.3 is 0 Å². The van der Waals surface area contributed by atoms with Crippen molar-refractivity contribution in [2.24, 2.45) is 0 Å². The maximum absolute atomic E-state index is 4.42. The summed E-state index contributed by atoms with van der Waals surface area (Å²) in [6.45, 7) is 0. The van der Waals surface area contributed by atoms with Crippen LogP contribution in [0.15, 0.2) is 55.0 Å². The summed E-state index contributed by atoms with van der Waals surface area (Å²) in [7, 11) is 0. The lowest BCUT2D eigenvalue weighted by Gasteiger charge is -2.04. The van der Waals surface area contributed by atoms with E-state index in [2.05, 4.69) is 16.0 Å². The summed E-state index contributed by atoms with van der Waals surface area (Å²) < 4.78 is 0. The highest BCUT2D eigenvalue weighted by Gasteiger charge is 2.03. The van der Waals surface area contributed by atoms with Gasteiger partial charge in [-0.3, -0.25) is 9.97 Å². The first-order chi connectivity index (χ1) is 7.95. The molecule has 16 heavy (non-hydrogen) atoms. The van der Waals surface area contributed by atoms with Gasteiger partial charge < -0.3 is 0 Å². The predicted octanol–water partition coefficient (Wildman–Crippen LogP) is 3.10. The van der Waals surface area contributed by atoms with Crippen LogP contribution in [0, 0.1) is 6.07 Å². The first-order valence-electron chi connectivity index (χ1n) is 5.10. The zero-order valence-corrected chi connectivity index (χ0v) is 8.59. The van der Waals surface area contributed by atoms with Crippen LogP contribution in [0.3, 0.4) is 0 Å². The van der Waals surface area contributed by atoms with Gasteiger partial charge in [0.05, 0.1) is 5.69 Å². The van der Waals surface area contributed by atoms with Crippen LogP contribution >= 0.6 is 0 Å². The summed E-state index contributed by atoms with van der Waals surface area (Å²) in [5, 5.41) is 2.28. The van der Waals surface area contributed by atoms with E-state index in [1.54, 1.807) is 6.20 Å². The summed E-state index contributed by atoms with van der Waals surface area (Å²) in [6.07, 6.45) is 5.42. The molecule has 3 rings (SSSR count). The van der Waals surface area contributed by atoms with Crippen molar-refractivity contribution in [3.63, 3.8) is 0 Å². The molecule has 3 aromatic rings. The fraction of sp³-hybridized carbons (Fsp3) is 0. The minimum absolute atomic E-state index is 0.961. The van der Waals surface area contributed by atoms with E-state index in [1.807, 2.05) is 48.8 Å². The molecule has 0 atom stereocenters. The molecule has 1 radical (unpaired) electrons. The van der Waals surface area contributed by atoms with Crippen molar-refractivity contribution in [1.82, 2.24) is 9.97 Å². The molecule has 0 saturated heterocycles. The first kappa shape index (κ1) is 9.04. The van der Waals surface area contributed by atoms with Crippen LogP contribution in [0.25, 0.3) is 22.0 Å². The Morgan fingerprint density at radius 3 is 2.94 bits per heavy atom. The molecule has 0 spiro atoms. The van der Waals surface area contributed by atoms with Crippen molar-refractivity contribution in [1.29, 1.82) is 0 Å². The molecule has 0 amide bonds. The van der Waals surface area contributed by atoms with Gasteiger partial charge in [-0.05, 0) is 35.7 Å². The van der Waals surface area contributed by atoms with Crippen LogP contribution in [0.5, 0.6) is 0 Å². The van der Waals surface area contributed by atoms with Crippen LogP contribution < -0.4 is 0 Å². The third kappa shape index (κ3) is 1.44. The van der Waals surface area contributed by atoms with E-state index in [4.69, 9.17) is 0 Å². The number of hydrogen-bond donors (Lipinski definition) is 0. The van der Waals surface area contributed by atoms with Crippen LogP contribution in [0.4, 0.5) is 0 Å². The largest absolute Gasteiger partial charge is 0.264 e. The number of aromatic nitrogens is 2. The second kappa shape index (κ2) is 3.74. The number of pyridine rings is 2. The maximum Gasteiger partial charge on any atom is 0.0795 e. The van der Waals surface area contributed by atoms with Gasteiger partial charge in [-0.15, -0.1) is 0 Å². The molecule has 0 aliphatic carbocycles. The zero-order chi connectivity index (χ0) is 10.8. The van der Waals surface area contributed by atoms with E-state index < -0.39 is 0 Å². The van der Waals surface area contributed by atoms with Crippen molar-refractivity contribution in [2.75, 3.05) is 0 Å². The van der Waals surface area contributed by atoms with Gasteiger partial charge in [-0.25, -0.2) is 0 Å². The Bertz CT molecular complexity index is 612. The van der Waals surface area contributed by atoms with Gasteiger partial charge in [0.25, 0.3) is 0 Å². The molecule has 0 aliphatic heterocycles. The quantitative estimate of drug-likeness (QED) is 0.610. The summed E-state index contributed by atoms with van der Waals surface area (Å²) in [5.41, 5.74) is 2.00. The normalized spacial score (nSPS) is 10.5. The monoisotopic (exact) mass is 205 g/mol. The topological polar surface area (TPSA) is 25.8 Å². The molecule has 0 unspecified atom stereocenters. The SMILES string of the molecule is [c]1ccc2ccnc(-c3cccnc3)c2c1. The lowest BCUT2D eigenvalue weighted by molar-refractivity contribution is 1.29. The van der Waals surface area contributed by atoms with E-state index in [0.29, 0.717) is 0 Å². The number of hydrogen-bond acceptors (Lipinski definition) is 2. The average Bonchev–Trinajstić information content (AvgIpc) is 2.39. The molecule has 0 N–H and O–H groups in total. The second-order valence-electron chi connectivity index (χ2n) is 3.55. The molecule has 0 fully saturated rings. The Kier molecular flexibility index (Phi) is 2.11. The van der Waals surface area contributed by atoms with E-state index in [1.165, 1.54) is 5.39 Å². The van der Waals surface area contributed by atoms with Crippen LogP contribution in [0.2, 0.25) is 0 Å². The number of rotatable bonds is 1. The van der Waals surface area contributed by atoms with Crippen LogP contribution in [-0.2, 0) is 0 Å². The molecule has 1 aromatic carbocycles. The Morgan fingerprint density at radius 2 is 2.06 bits per heavy atom. The zero-order valence-electron chi connectivity index (χ0n) is 8.59. The highest BCUT2D eigenvalue weighted by atomic mass is 14.7. The smallest absolute Gasteiger partial charge is 0.0795 e. The van der Waals surface area contributed by atoms with Gasteiger partial charge in [-0.2, -0.15) is 0 Å². The molecule has 2 heteroatoms. The van der Waals surface area contributed by atoms with Crippen molar-refractivity contribution in [2.45, 2.75) is 0 Å². The first-order valence-corrected chi connectivity index (χ1v) is 5.10. The average molecular weight is 205 g/mol. The Labute approximate surface area is 93.6 Å². The molecule has 75 valence electrons. The van der Waals surface area contributed by atoms with Gasteiger partial charge in [0.1, 0.15) is 0 Å². The molecule has 2 heterocycles. The molecule has 0 aliphatic rings. The van der Waals surface area contributed by atoms with Gasteiger partial charge in [0, 0.05) is 29.5 Å². The standard InChI is InChI=1S/C14H9N2/c1-2-6-13-11(4-1)7-9-16-14(13)12-5-3-8-15-10-12/h1,3-10H. The predicted molar refractivity (Wildman–Crippen MR) is 63.8 cm³/mol. The summed E-state index contributed by atoms with van der Waals surface area (Å²) >= 11 is 0. The Balaban J connectivity index is 2.32. The van der Waals surface area contributed by atoms with E-state index >= 15 is 0 Å². The van der Waals surface area contributed by atoms with Crippen molar-refractivity contribution in [3.8, 4) is 11.3 Å². The summed E-state index contributed by atoms with van der Waals surface area (Å²) in [5.74, 6) is 0. The minimum Gasteiger partial charge on any atom is -0.264 e. The fourth-order valence-corrected chi connectivity index (χ4v) is 1.79. The van der Waals surface area contributed by atoms with E-state index in [0.717, 1.165) is 16.6 Å². The maximum atomic E-state index is 4.42. The van der Waals surface area contributed by atoms with E-state index in [-0.39, 0.29) is 0 Å². The van der Waals surface area contributed by atoms with Crippen LogP contribution in [-0.4, -0.2) is 9.97 Å². The minimum atomic E-state index is 0.961. The Morgan fingerprint density at radius 1 is 1.06 bits per heavy atom. The van der Waals surface area contributed by atoms with Crippen molar-refractivity contribution >= 4 is 10.8 Å². The van der Waals surface area contributed by atoms with Gasteiger partial charge in [0.15, 0.2) is 0 Å². The number of fused-ring (bicyclic) bond motifs is 1. The molecule has 0 saturated carbocycles. The molecule has 2 aromatic heterocycles. The third-order valence-corrected chi connectivity index (χ3v) is 2.55. The molecular weight excluding hydrogens is 196 g/mol. The lowest BCUT2D eigenvalue weighted by atomic mass is 10.1. The Hall–Kier alpha value is -2.22. The summed E-state index contributed by atoms with van der Waals surface area (Å²) in [4.78, 5) is 8.53. The lowest BCUT2D eigenvalue weighted by Crippen LogP contribution is -1.86. The second-order valence-corrected chi connectivity index (χ2v) is 3.55. The highest BCUT2D eigenvalue weighted by Crippen LogP contribution is 2.24. The molecule has 2 nitrogen and oxygen atoms in total. The van der Waals surface area contributed by atoms with Crippen molar-refractivity contribution in [3.05, 3.63) is 61.1 Å². The van der Waals surface area contributed by atoms with Gasteiger partial charge in [-0.1, -0.05) is 12.1 Å². The highest BCUT2D eigenvalue weighted by molar-refractivity contribution is 5.94.